The first kappa shape index (κ1) is 14.4. The fourth-order valence-corrected chi connectivity index (χ4v) is 3.39. The van der Waals surface area contributed by atoms with E-state index in [2.05, 4.69) is 5.32 Å². The lowest BCUT2D eigenvalue weighted by atomic mass is 9.89. The summed E-state index contributed by atoms with van der Waals surface area (Å²) in [5.41, 5.74) is 0.297. The zero-order valence-electron chi connectivity index (χ0n) is 11.7. The molecule has 2 saturated heterocycles. The van der Waals surface area contributed by atoms with E-state index in [4.69, 9.17) is 0 Å². The first-order valence-electron chi connectivity index (χ1n) is 7.18. The summed E-state index contributed by atoms with van der Waals surface area (Å²) in [6.07, 6.45) is 2.14. The lowest BCUT2D eigenvalue weighted by molar-refractivity contribution is -0.142. The van der Waals surface area contributed by atoms with Crippen LogP contribution in [0.15, 0.2) is 12.1 Å². The number of carbonyl (C=O) groups excluding carboxylic acids is 1. The number of hydrogen-bond donors (Lipinski definition) is 1. The fraction of sp³-hybridized carbons (Fsp3) is 0.533. The molecule has 3 unspecified atom stereocenters. The minimum Gasteiger partial charge on any atom is -0.330 e. The zero-order chi connectivity index (χ0) is 15.1. The number of benzene rings is 1. The van der Waals surface area contributed by atoms with Crippen LogP contribution in [0.1, 0.15) is 37.8 Å². The van der Waals surface area contributed by atoms with Crippen molar-refractivity contribution in [2.24, 2.45) is 0 Å². The smallest absolute Gasteiger partial charge is 0.223 e. The molecular formula is C15H17F3N2O. The van der Waals surface area contributed by atoms with Crippen molar-refractivity contribution in [3.05, 3.63) is 35.1 Å². The molecule has 6 heteroatoms. The number of nitrogens with zero attached hydrogens (tertiary/aromatic N) is 1. The van der Waals surface area contributed by atoms with E-state index in [9.17, 15) is 18.0 Å². The van der Waals surface area contributed by atoms with E-state index in [1.165, 1.54) is 0 Å². The van der Waals surface area contributed by atoms with Crippen molar-refractivity contribution >= 4 is 5.91 Å². The first-order chi connectivity index (χ1) is 9.99. The average molecular weight is 298 g/mol. The topological polar surface area (TPSA) is 32.3 Å². The maximum atomic E-state index is 13.5. The summed E-state index contributed by atoms with van der Waals surface area (Å²) in [6, 6.07) is 1.67. The van der Waals surface area contributed by atoms with Crippen molar-refractivity contribution in [1.29, 1.82) is 0 Å². The van der Waals surface area contributed by atoms with Crippen molar-refractivity contribution in [2.75, 3.05) is 6.54 Å². The van der Waals surface area contributed by atoms with E-state index in [1.54, 1.807) is 4.90 Å². The van der Waals surface area contributed by atoms with Gasteiger partial charge in [0, 0.05) is 25.0 Å². The van der Waals surface area contributed by atoms with Crippen molar-refractivity contribution in [3.63, 3.8) is 0 Å². The van der Waals surface area contributed by atoms with Crippen LogP contribution in [-0.4, -0.2) is 29.4 Å². The number of rotatable bonds is 1. The van der Waals surface area contributed by atoms with Gasteiger partial charge in [0.1, 0.15) is 0 Å². The Bertz CT molecular complexity index is 555. The molecule has 3 rings (SSSR count). The molecule has 0 radical (unpaired) electrons. The van der Waals surface area contributed by atoms with Crippen molar-refractivity contribution in [1.82, 2.24) is 10.2 Å². The molecule has 1 aromatic rings. The van der Waals surface area contributed by atoms with Gasteiger partial charge in [0.25, 0.3) is 0 Å². The molecule has 1 aromatic carbocycles. The quantitative estimate of drug-likeness (QED) is 0.808. The third-order valence-corrected chi connectivity index (χ3v) is 4.47. The minimum absolute atomic E-state index is 0.00487. The molecule has 1 N–H and O–H groups in total. The minimum atomic E-state index is -1.47. The summed E-state index contributed by atoms with van der Waals surface area (Å²) in [7, 11) is 0. The Kier molecular flexibility index (Phi) is 3.65. The van der Waals surface area contributed by atoms with E-state index in [0.717, 1.165) is 25.0 Å². The van der Waals surface area contributed by atoms with Crippen LogP contribution in [0.5, 0.6) is 0 Å². The summed E-state index contributed by atoms with van der Waals surface area (Å²) in [5, 5.41) is 3.27. The molecule has 0 saturated carbocycles. The maximum absolute atomic E-state index is 13.5. The molecule has 1 amide bonds. The van der Waals surface area contributed by atoms with Gasteiger partial charge in [-0.05, 0) is 37.5 Å². The van der Waals surface area contributed by atoms with Gasteiger partial charge in [-0.2, -0.15) is 0 Å². The molecule has 3 atom stereocenters. The van der Waals surface area contributed by atoms with Crippen LogP contribution in [0.4, 0.5) is 13.2 Å². The van der Waals surface area contributed by atoms with Crippen molar-refractivity contribution < 1.29 is 18.0 Å². The van der Waals surface area contributed by atoms with Crippen LogP contribution in [0.2, 0.25) is 0 Å². The second kappa shape index (κ2) is 5.33. The number of hydrogen-bond acceptors (Lipinski definition) is 2. The van der Waals surface area contributed by atoms with Gasteiger partial charge in [0.05, 0.1) is 6.04 Å². The highest BCUT2D eigenvalue weighted by Gasteiger charge is 2.40. The Labute approximate surface area is 121 Å². The molecule has 0 aliphatic carbocycles. The lowest BCUT2D eigenvalue weighted by Gasteiger charge is -2.48. The summed E-state index contributed by atoms with van der Waals surface area (Å²) in [4.78, 5) is 14.0. The monoisotopic (exact) mass is 298 g/mol. The van der Waals surface area contributed by atoms with Gasteiger partial charge in [0.2, 0.25) is 5.91 Å². The predicted octanol–water partition coefficient (Wildman–Crippen LogP) is 2.52. The molecule has 3 nitrogen and oxygen atoms in total. The van der Waals surface area contributed by atoms with Crippen molar-refractivity contribution in [2.45, 2.75) is 44.3 Å². The Morgan fingerprint density at radius 1 is 1.24 bits per heavy atom. The number of piperazine rings is 1. The highest BCUT2D eigenvalue weighted by molar-refractivity contribution is 5.78. The molecule has 0 bridgehead atoms. The second-order valence-corrected chi connectivity index (χ2v) is 5.77. The number of halogens is 3. The van der Waals surface area contributed by atoms with Gasteiger partial charge >= 0.3 is 0 Å². The number of amides is 1. The molecule has 2 aliphatic heterocycles. The molecule has 2 aliphatic rings. The number of fused-ring (bicyclic) bond motifs is 1. The Morgan fingerprint density at radius 2 is 1.90 bits per heavy atom. The van der Waals surface area contributed by atoms with Crippen LogP contribution >= 0.6 is 0 Å². The normalized spacial score (nSPS) is 29.4. The Balaban J connectivity index is 1.99. The van der Waals surface area contributed by atoms with Gasteiger partial charge in [-0.25, -0.2) is 13.2 Å². The highest BCUT2D eigenvalue weighted by atomic mass is 19.2. The molecule has 21 heavy (non-hydrogen) atoms. The average Bonchev–Trinajstić information content (AvgIpc) is 2.45. The van der Waals surface area contributed by atoms with Crippen molar-refractivity contribution in [3.8, 4) is 0 Å². The van der Waals surface area contributed by atoms with E-state index < -0.39 is 23.5 Å². The Morgan fingerprint density at radius 3 is 2.57 bits per heavy atom. The summed E-state index contributed by atoms with van der Waals surface area (Å²) < 4.78 is 40.0. The largest absolute Gasteiger partial charge is 0.330 e. The van der Waals surface area contributed by atoms with Crippen LogP contribution < -0.4 is 5.32 Å². The van der Waals surface area contributed by atoms with E-state index >= 15 is 0 Å². The number of carbonyl (C=O) groups is 1. The van der Waals surface area contributed by atoms with Crippen LogP contribution in [0.25, 0.3) is 0 Å². The van der Waals surface area contributed by atoms with Crippen LogP contribution in [-0.2, 0) is 4.79 Å². The van der Waals surface area contributed by atoms with Gasteiger partial charge < -0.3 is 10.2 Å². The second-order valence-electron chi connectivity index (χ2n) is 5.77. The number of piperidine rings is 1. The van der Waals surface area contributed by atoms with E-state index in [1.807, 2.05) is 6.92 Å². The third-order valence-electron chi connectivity index (χ3n) is 4.47. The molecule has 0 spiro atoms. The number of nitrogens with one attached hydrogen (secondary N) is 1. The highest BCUT2D eigenvalue weighted by Crippen LogP contribution is 2.34. The SMILES string of the molecule is CC1NCC(c2cc(F)c(F)c(F)c2)N2C(=O)CCCC12. The predicted molar refractivity (Wildman–Crippen MR) is 71.0 cm³/mol. The molecule has 2 heterocycles. The summed E-state index contributed by atoms with van der Waals surface area (Å²) >= 11 is 0. The van der Waals surface area contributed by atoms with E-state index in [0.29, 0.717) is 18.5 Å². The van der Waals surface area contributed by atoms with Gasteiger partial charge in [0.15, 0.2) is 17.5 Å². The molecule has 0 aromatic heterocycles. The van der Waals surface area contributed by atoms with Gasteiger partial charge in [-0.15, -0.1) is 0 Å². The summed E-state index contributed by atoms with van der Waals surface area (Å²) in [5.74, 6) is -3.92. The van der Waals surface area contributed by atoms with E-state index in [-0.39, 0.29) is 18.0 Å². The van der Waals surface area contributed by atoms with Gasteiger partial charge in [-0.1, -0.05) is 0 Å². The van der Waals surface area contributed by atoms with Crippen LogP contribution in [0, 0.1) is 17.5 Å². The third kappa shape index (κ3) is 2.41. The van der Waals surface area contributed by atoms with Crippen LogP contribution in [0.3, 0.4) is 0 Å². The standard InChI is InChI=1S/C15H17F3N2O/c1-8-12-3-2-4-14(21)20(12)13(7-19-8)9-5-10(16)15(18)11(17)6-9/h5-6,8,12-13,19H,2-4,7H2,1H3. The fourth-order valence-electron chi connectivity index (χ4n) is 3.39. The molecule has 2 fully saturated rings. The zero-order valence-corrected chi connectivity index (χ0v) is 11.7. The summed E-state index contributed by atoms with van der Waals surface area (Å²) in [6.45, 7) is 2.41. The van der Waals surface area contributed by atoms with Gasteiger partial charge in [-0.3, -0.25) is 4.79 Å². The Hall–Kier alpha value is -1.56. The maximum Gasteiger partial charge on any atom is 0.223 e. The molecular weight excluding hydrogens is 281 g/mol. The lowest BCUT2D eigenvalue weighted by Crippen LogP contribution is -2.61. The first-order valence-corrected chi connectivity index (χ1v) is 7.18. The molecule has 114 valence electrons.